The van der Waals surface area contributed by atoms with E-state index in [-0.39, 0.29) is 0 Å². The zero-order valence-electron chi connectivity index (χ0n) is 10.7. The molecule has 0 spiro atoms. The van der Waals surface area contributed by atoms with E-state index in [4.69, 9.17) is 10.6 Å². The van der Waals surface area contributed by atoms with Crippen molar-refractivity contribution in [3.8, 4) is 5.75 Å². The summed E-state index contributed by atoms with van der Waals surface area (Å²) in [6, 6.07) is 10.2. The maximum absolute atomic E-state index is 5.82. The van der Waals surface area contributed by atoms with Gasteiger partial charge in [-0.15, -0.1) is 0 Å². The van der Waals surface area contributed by atoms with Crippen molar-refractivity contribution < 1.29 is 4.74 Å². The summed E-state index contributed by atoms with van der Waals surface area (Å²) in [6.07, 6.45) is 5.31. The van der Waals surface area contributed by atoms with Crippen LogP contribution in [0.4, 0.5) is 5.82 Å². The minimum absolute atomic E-state index is 0.464. The monoisotopic (exact) mass is 255 g/mol. The predicted octanol–water partition coefficient (Wildman–Crippen LogP) is 2.43. The van der Waals surface area contributed by atoms with Gasteiger partial charge in [0.15, 0.2) is 0 Å². The number of ether oxygens (including phenoxy) is 1. The van der Waals surface area contributed by atoms with Gasteiger partial charge >= 0.3 is 0 Å². The highest BCUT2D eigenvalue weighted by Gasteiger charge is 2.11. The van der Waals surface area contributed by atoms with Gasteiger partial charge in [-0.3, -0.25) is 0 Å². The summed E-state index contributed by atoms with van der Waals surface area (Å²) in [5, 5.41) is 0. The smallest absolute Gasteiger partial charge is 0.146 e. The number of nitrogens with one attached hydrogen (secondary N) is 1. The van der Waals surface area contributed by atoms with E-state index in [9.17, 15) is 0 Å². The van der Waals surface area contributed by atoms with Gasteiger partial charge in [0, 0.05) is 11.8 Å². The summed E-state index contributed by atoms with van der Waals surface area (Å²) in [4.78, 5) is 4.15. The molecule has 0 radical (unpaired) electrons. The van der Waals surface area contributed by atoms with E-state index in [1.807, 2.05) is 18.2 Å². The lowest BCUT2D eigenvalue weighted by atomic mass is 10.1. The zero-order chi connectivity index (χ0) is 13.1. The quantitative estimate of drug-likeness (QED) is 0.650. The average molecular weight is 255 g/mol. The van der Waals surface area contributed by atoms with Crippen LogP contribution in [-0.4, -0.2) is 4.98 Å². The topological polar surface area (TPSA) is 60.2 Å². The van der Waals surface area contributed by atoms with Crippen LogP contribution in [0.15, 0.2) is 36.5 Å². The van der Waals surface area contributed by atoms with Gasteiger partial charge in [-0.05, 0) is 48.6 Å². The number of rotatable bonds is 4. The molecule has 1 aliphatic rings. The van der Waals surface area contributed by atoms with Gasteiger partial charge in [-0.1, -0.05) is 12.1 Å². The van der Waals surface area contributed by atoms with E-state index < -0.39 is 0 Å². The summed E-state index contributed by atoms with van der Waals surface area (Å²) in [7, 11) is 0. The van der Waals surface area contributed by atoms with E-state index in [1.165, 1.54) is 24.0 Å². The third-order valence-corrected chi connectivity index (χ3v) is 3.49. The largest absolute Gasteiger partial charge is 0.489 e. The van der Waals surface area contributed by atoms with Gasteiger partial charge in [0.25, 0.3) is 0 Å². The Hall–Kier alpha value is -2.07. The minimum atomic E-state index is 0.464. The molecule has 0 atom stereocenters. The first-order valence-corrected chi connectivity index (χ1v) is 6.52. The van der Waals surface area contributed by atoms with Crippen molar-refractivity contribution in [2.45, 2.75) is 25.9 Å². The maximum atomic E-state index is 5.82. The molecule has 3 rings (SSSR count). The molecule has 0 amide bonds. The number of hydrogen-bond donors (Lipinski definition) is 2. The predicted molar refractivity (Wildman–Crippen MR) is 74.8 cm³/mol. The standard InChI is InChI=1S/C15H17N3O/c16-18-15-13(5-2-8-17-15)10-19-14-7-6-11-3-1-4-12(11)9-14/h2,5-9H,1,3-4,10,16H2,(H,17,18). The molecule has 4 heteroatoms. The van der Waals surface area contributed by atoms with Crippen LogP contribution in [0.3, 0.4) is 0 Å². The molecule has 3 N–H and O–H groups in total. The second-order valence-corrected chi connectivity index (χ2v) is 4.73. The van der Waals surface area contributed by atoms with Crippen LogP contribution in [0.2, 0.25) is 0 Å². The molecule has 1 aromatic heterocycles. The highest BCUT2D eigenvalue weighted by Crippen LogP contribution is 2.26. The molecule has 0 bridgehead atoms. The zero-order valence-corrected chi connectivity index (χ0v) is 10.7. The minimum Gasteiger partial charge on any atom is -0.489 e. The summed E-state index contributed by atoms with van der Waals surface area (Å²) < 4.78 is 5.82. The molecule has 4 nitrogen and oxygen atoms in total. The lowest BCUT2D eigenvalue weighted by Gasteiger charge is -2.10. The van der Waals surface area contributed by atoms with E-state index in [1.54, 1.807) is 6.20 Å². The third kappa shape index (κ3) is 2.53. The van der Waals surface area contributed by atoms with E-state index in [2.05, 4.69) is 22.5 Å². The number of pyridine rings is 1. The van der Waals surface area contributed by atoms with Crippen LogP contribution in [-0.2, 0) is 19.4 Å². The van der Waals surface area contributed by atoms with Gasteiger partial charge in [-0.25, -0.2) is 10.8 Å². The molecule has 0 saturated carbocycles. The third-order valence-electron chi connectivity index (χ3n) is 3.49. The van der Waals surface area contributed by atoms with Crippen LogP contribution < -0.4 is 16.0 Å². The first-order chi connectivity index (χ1) is 9.36. The van der Waals surface area contributed by atoms with E-state index in [0.717, 1.165) is 17.7 Å². The molecule has 1 heterocycles. The molecule has 1 aliphatic carbocycles. The molecular weight excluding hydrogens is 238 g/mol. The van der Waals surface area contributed by atoms with E-state index in [0.29, 0.717) is 12.4 Å². The van der Waals surface area contributed by atoms with Crippen LogP contribution in [0.1, 0.15) is 23.1 Å². The Kier molecular flexibility index (Phi) is 3.33. The maximum Gasteiger partial charge on any atom is 0.146 e. The lowest BCUT2D eigenvalue weighted by Crippen LogP contribution is -2.12. The fourth-order valence-corrected chi connectivity index (χ4v) is 2.48. The van der Waals surface area contributed by atoms with Crippen molar-refractivity contribution >= 4 is 5.82 Å². The van der Waals surface area contributed by atoms with Crippen LogP contribution in [0.25, 0.3) is 0 Å². The Bertz CT molecular complexity index is 583. The molecule has 1 aromatic carbocycles. The number of anilines is 1. The Labute approximate surface area is 112 Å². The molecule has 0 saturated heterocycles. The number of aromatic nitrogens is 1. The van der Waals surface area contributed by atoms with Crippen molar-refractivity contribution in [1.82, 2.24) is 4.98 Å². The van der Waals surface area contributed by atoms with Gasteiger partial charge in [0.05, 0.1) is 0 Å². The molecule has 0 unspecified atom stereocenters. The summed E-state index contributed by atoms with van der Waals surface area (Å²) in [6.45, 7) is 0.464. The first-order valence-electron chi connectivity index (χ1n) is 6.52. The Morgan fingerprint density at radius 2 is 2.11 bits per heavy atom. The van der Waals surface area contributed by atoms with Crippen LogP contribution >= 0.6 is 0 Å². The second-order valence-electron chi connectivity index (χ2n) is 4.73. The molecule has 0 fully saturated rings. The molecule has 19 heavy (non-hydrogen) atoms. The number of nitrogens with two attached hydrogens (primary N) is 1. The normalized spacial score (nSPS) is 13.1. The van der Waals surface area contributed by atoms with Crippen LogP contribution in [0.5, 0.6) is 5.75 Å². The molecule has 0 aliphatic heterocycles. The van der Waals surface area contributed by atoms with E-state index >= 15 is 0 Å². The highest BCUT2D eigenvalue weighted by molar-refractivity contribution is 5.43. The highest BCUT2D eigenvalue weighted by atomic mass is 16.5. The van der Waals surface area contributed by atoms with Gasteiger partial charge in [0.2, 0.25) is 0 Å². The number of hydrogen-bond acceptors (Lipinski definition) is 4. The Balaban J connectivity index is 1.72. The van der Waals surface area contributed by atoms with Crippen molar-refractivity contribution in [2.75, 3.05) is 5.43 Å². The van der Waals surface area contributed by atoms with Gasteiger partial charge in [0.1, 0.15) is 18.2 Å². The van der Waals surface area contributed by atoms with Crippen molar-refractivity contribution in [1.29, 1.82) is 0 Å². The number of fused-ring (bicyclic) bond motifs is 1. The molecule has 98 valence electrons. The van der Waals surface area contributed by atoms with Crippen molar-refractivity contribution in [3.05, 3.63) is 53.2 Å². The number of benzene rings is 1. The fraction of sp³-hybridized carbons (Fsp3) is 0.267. The average Bonchev–Trinajstić information content (AvgIpc) is 2.93. The Morgan fingerprint density at radius 1 is 1.21 bits per heavy atom. The second kappa shape index (κ2) is 5.28. The summed E-state index contributed by atoms with van der Waals surface area (Å²) in [5.41, 5.74) is 6.41. The van der Waals surface area contributed by atoms with Gasteiger partial charge in [-0.2, -0.15) is 0 Å². The summed E-state index contributed by atoms with van der Waals surface area (Å²) >= 11 is 0. The molecule has 2 aromatic rings. The van der Waals surface area contributed by atoms with Crippen LogP contribution in [0, 0.1) is 0 Å². The number of hydrazine groups is 1. The Morgan fingerprint density at radius 3 is 3.00 bits per heavy atom. The fourth-order valence-electron chi connectivity index (χ4n) is 2.48. The number of nitrogens with zero attached hydrogens (tertiary/aromatic N) is 1. The lowest BCUT2D eigenvalue weighted by molar-refractivity contribution is 0.306. The first kappa shape index (κ1) is 12.0. The van der Waals surface area contributed by atoms with Crippen molar-refractivity contribution in [3.63, 3.8) is 0 Å². The summed E-state index contributed by atoms with van der Waals surface area (Å²) in [5.74, 6) is 6.99. The van der Waals surface area contributed by atoms with Gasteiger partial charge < -0.3 is 10.2 Å². The van der Waals surface area contributed by atoms with Crippen molar-refractivity contribution in [2.24, 2.45) is 5.84 Å². The molecular formula is C15H17N3O. The number of nitrogen functional groups attached to an aromatic ring is 1. The number of aryl methyl sites for hydroxylation is 2. The SMILES string of the molecule is NNc1ncccc1COc1ccc2c(c1)CCC2.